The molecule has 0 amide bonds. The maximum Gasteiger partial charge on any atom is 0.124 e. The summed E-state index contributed by atoms with van der Waals surface area (Å²) in [5, 5.41) is 0. The van der Waals surface area contributed by atoms with Crippen LogP contribution in [0.25, 0.3) is 0 Å². The van der Waals surface area contributed by atoms with Crippen LogP contribution < -0.4 is 11.3 Å². The van der Waals surface area contributed by atoms with Crippen LogP contribution in [-0.4, -0.2) is 6.04 Å². The minimum atomic E-state index is -0.218. The highest BCUT2D eigenvalue weighted by atomic mass is 79.9. The molecule has 3 N–H and O–H groups in total. The van der Waals surface area contributed by atoms with Crippen molar-refractivity contribution in [3.05, 3.63) is 34.1 Å². The third-order valence-electron chi connectivity index (χ3n) is 3.74. The number of hydrogen-bond acceptors (Lipinski definition) is 2. The van der Waals surface area contributed by atoms with Crippen LogP contribution in [0.1, 0.15) is 25.8 Å². The van der Waals surface area contributed by atoms with Crippen molar-refractivity contribution in [2.45, 2.75) is 32.7 Å². The third kappa shape index (κ3) is 2.87. The molecule has 0 heterocycles. The van der Waals surface area contributed by atoms with E-state index in [4.69, 9.17) is 5.84 Å². The summed E-state index contributed by atoms with van der Waals surface area (Å²) in [6.07, 6.45) is 2.02. The van der Waals surface area contributed by atoms with Gasteiger partial charge in [-0.1, -0.05) is 35.8 Å². The Morgan fingerprint density at radius 2 is 2.24 bits per heavy atom. The maximum atomic E-state index is 13.0. The topological polar surface area (TPSA) is 38.0 Å². The summed E-state index contributed by atoms with van der Waals surface area (Å²) in [5.74, 6) is 6.01. The molecule has 2 atom stereocenters. The van der Waals surface area contributed by atoms with Crippen LogP contribution in [0, 0.1) is 17.2 Å². The molecule has 0 aliphatic heterocycles. The fraction of sp³-hybridized carbons (Fsp3) is 0.538. The molecule has 1 saturated carbocycles. The van der Waals surface area contributed by atoms with Crippen molar-refractivity contribution < 1.29 is 4.39 Å². The van der Waals surface area contributed by atoms with E-state index in [1.54, 1.807) is 0 Å². The summed E-state index contributed by atoms with van der Waals surface area (Å²) in [6.45, 7) is 4.50. The van der Waals surface area contributed by atoms with Gasteiger partial charge in [-0.25, -0.2) is 4.39 Å². The van der Waals surface area contributed by atoms with E-state index in [0.29, 0.717) is 11.3 Å². The van der Waals surface area contributed by atoms with E-state index in [-0.39, 0.29) is 11.9 Å². The maximum absolute atomic E-state index is 13.0. The Hall–Kier alpha value is -0.450. The number of rotatable bonds is 4. The highest BCUT2D eigenvalue weighted by Crippen LogP contribution is 2.54. The lowest BCUT2D eigenvalue weighted by atomic mass is 9.98. The Labute approximate surface area is 110 Å². The first-order chi connectivity index (χ1) is 7.94. The lowest BCUT2D eigenvalue weighted by molar-refractivity contribution is 0.408. The molecule has 1 aromatic carbocycles. The summed E-state index contributed by atoms with van der Waals surface area (Å²) in [7, 11) is 0. The van der Waals surface area contributed by atoms with Crippen molar-refractivity contribution in [3.8, 4) is 0 Å². The molecule has 2 unspecified atom stereocenters. The van der Waals surface area contributed by atoms with Gasteiger partial charge >= 0.3 is 0 Å². The number of hydrogen-bond donors (Lipinski definition) is 2. The van der Waals surface area contributed by atoms with E-state index in [1.807, 2.05) is 6.07 Å². The first-order valence-electron chi connectivity index (χ1n) is 5.84. The molecule has 0 radical (unpaired) electrons. The number of nitrogens with one attached hydrogen (secondary N) is 1. The molecule has 1 aliphatic rings. The Balaban J connectivity index is 2.09. The third-order valence-corrected chi connectivity index (χ3v) is 4.48. The van der Waals surface area contributed by atoms with Gasteiger partial charge in [-0.2, -0.15) is 0 Å². The van der Waals surface area contributed by atoms with Crippen LogP contribution in [0.2, 0.25) is 0 Å². The summed E-state index contributed by atoms with van der Waals surface area (Å²) >= 11 is 3.39. The molecule has 1 aliphatic carbocycles. The van der Waals surface area contributed by atoms with Gasteiger partial charge in [-0.05, 0) is 41.9 Å². The van der Waals surface area contributed by atoms with Crippen LogP contribution in [0.4, 0.5) is 4.39 Å². The van der Waals surface area contributed by atoms with E-state index in [0.717, 1.165) is 16.5 Å². The first kappa shape index (κ1) is 13.0. The van der Waals surface area contributed by atoms with Crippen molar-refractivity contribution in [3.63, 3.8) is 0 Å². The quantitative estimate of drug-likeness (QED) is 0.663. The second-order valence-electron chi connectivity index (χ2n) is 5.51. The molecule has 1 aromatic rings. The minimum absolute atomic E-state index is 0.218. The van der Waals surface area contributed by atoms with Crippen molar-refractivity contribution in [1.29, 1.82) is 0 Å². The molecule has 0 saturated heterocycles. The van der Waals surface area contributed by atoms with E-state index in [9.17, 15) is 4.39 Å². The van der Waals surface area contributed by atoms with E-state index in [1.165, 1.54) is 18.6 Å². The summed E-state index contributed by atoms with van der Waals surface area (Å²) in [6, 6.07) is 5.07. The summed E-state index contributed by atoms with van der Waals surface area (Å²) in [4.78, 5) is 0. The van der Waals surface area contributed by atoms with Gasteiger partial charge in [0, 0.05) is 10.5 Å². The predicted octanol–water partition coefficient (Wildman–Crippen LogP) is 3.01. The molecule has 4 heteroatoms. The van der Waals surface area contributed by atoms with Crippen molar-refractivity contribution in [2.24, 2.45) is 17.2 Å². The molecular weight excluding hydrogens is 283 g/mol. The highest BCUT2D eigenvalue weighted by Gasteiger charge is 2.49. The van der Waals surface area contributed by atoms with Gasteiger partial charge in [0.15, 0.2) is 0 Å². The zero-order valence-electron chi connectivity index (χ0n) is 10.1. The van der Waals surface area contributed by atoms with Crippen LogP contribution >= 0.6 is 15.9 Å². The van der Waals surface area contributed by atoms with Gasteiger partial charge in [0.1, 0.15) is 5.82 Å². The van der Waals surface area contributed by atoms with Gasteiger partial charge in [0.05, 0.1) is 0 Å². The van der Waals surface area contributed by atoms with Gasteiger partial charge in [-0.3, -0.25) is 11.3 Å². The number of nitrogens with two attached hydrogens (primary N) is 1. The zero-order chi connectivity index (χ0) is 12.6. The van der Waals surface area contributed by atoms with Crippen LogP contribution in [0.15, 0.2) is 22.7 Å². The Bertz CT molecular complexity index is 420. The molecule has 1 fully saturated rings. The van der Waals surface area contributed by atoms with Crippen LogP contribution in [0.5, 0.6) is 0 Å². The Morgan fingerprint density at radius 3 is 2.71 bits per heavy atom. The number of hydrazine groups is 1. The average molecular weight is 301 g/mol. The molecule has 17 heavy (non-hydrogen) atoms. The fourth-order valence-electron chi connectivity index (χ4n) is 2.44. The van der Waals surface area contributed by atoms with Crippen molar-refractivity contribution in [1.82, 2.24) is 5.43 Å². The van der Waals surface area contributed by atoms with E-state index < -0.39 is 0 Å². The fourth-order valence-corrected chi connectivity index (χ4v) is 2.95. The molecule has 94 valence electrons. The minimum Gasteiger partial charge on any atom is -0.271 e. The van der Waals surface area contributed by atoms with Crippen molar-refractivity contribution >= 4 is 15.9 Å². The Morgan fingerprint density at radius 1 is 1.59 bits per heavy atom. The molecule has 0 bridgehead atoms. The van der Waals surface area contributed by atoms with Gasteiger partial charge < -0.3 is 0 Å². The largest absolute Gasteiger partial charge is 0.271 e. The lowest BCUT2D eigenvalue weighted by Gasteiger charge is -2.18. The molecule has 2 nitrogen and oxygen atoms in total. The van der Waals surface area contributed by atoms with Crippen molar-refractivity contribution in [2.75, 3.05) is 0 Å². The predicted molar refractivity (Wildman–Crippen MR) is 70.8 cm³/mol. The van der Waals surface area contributed by atoms with Crippen LogP contribution in [0.3, 0.4) is 0 Å². The second kappa shape index (κ2) is 4.67. The smallest absolute Gasteiger partial charge is 0.124 e. The first-order valence-corrected chi connectivity index (χ1v) is 6.63. The van der Waals surface area contributed by atoms with Crippen LogP contribution in [-0.2, 0) is 6.42 Å². The Kier molecular flexibility index (Phi) is 3.57. The molecule has 0 aromatic heterocycles. The second-order valence-corrected chi connectivity index (χ2v) is 6.37. The monoisotopic (exact) mass is 300 g/mol. The highest BCUT2D eigenvalue weighted by molar-refractivity contribution is 9.10. The molecular formula is C13H18BrFN2. The SMILES string of the molecule is CC1(C)CC1C(Cc1ccc(F)cc1Br)NN. The standard InChI is InChI=1S/C13H18BrFN2/c1-13(2)7-10(13)12(17-16)5-8-3-4-9(15)6-11(8)14/h3-4,6,10,12,17H,5,7,16H2,1-2H3. The number of halogens is 2. The van der Waals surface area contributed by atoms with E-state index >= 15 is 0 Å². The summed E-state index contributed by atoms with van der Waals surface area (Å²) in [5.41, 5.74) is 4.37. The van der Waals surface area contributed by atoms with Gasteiger partial charge in [0.25, 0.3) is 0 Å². The zero-order valence-corrected chi connectivity index (χ0v) is 11.7. The lowest BCUT2D eigenvalue weighted by Crippen LogP contribution is -2.39. The average Bonchev–Trinajstić information content (AvgIpc) is 2.86. The summed E-state index contributed by atoms with van der Waals surface area (Å²) < 4.78 is 13.8. The number of benzene rings is 1. The van der Waals surface area contributed by atoms with Gasteiger partial charge in [0.2, 0.25) is 0 Å². The normalized spacial score (nSPS) is 23.5. The van der Waals surface area contributed by atoms with E-state index in [2.05, 4.69) is 35.2 Å². The van der Waals surface area contributed by atoms with Gasteiger partial charge in [-0.15, -0.1) is 0 Å². The molecule has 0 spiro atoms. The molecule has 2 rings (SSSR count).